The van der Waals surface area contributed by atoms with Gasteiger partial charge in [0.05, 0.1) is 6.54 Å². The summed E-state index contributed by atoms with van der Waals surface area (Å²) in [5, 5.41) is 12.5. The second kappa shape index (κ2) is 7.79. The SMILES string of the molecule is O=C(c1c(F)cccc1F)N1CCC[C@@H](Cn2nnc(-c3cccnc3)n2)C1. The average molecular weight is 384 g/mol. The lowest BCUT2D eigenvalue weighted by atomic mass is 9.97. The van der Waals surface area contributed by atoms with Crippen molar-refractivity contribution >= 4 is 5.91 Å². The standard InChI is InChI=1S/C19H18F2N6O/c20-15-6-1-7-16(21)17(15)19(28)26-9-3-4-13(11-26)12-27-24-18(23-25-27)14-5-2-8-22-10-14/h1-2,5-8,10,13H,3-4,9,11-12H2/t13-/m1/s1. The molecular formula is C19H18F2N6O. The van der Waals surface area contributed by atoms with Gasteiger partial charge in [0.15, 0.2) is 0 Å². The van der Waals surface area contributed by atoms with Crippen molar-refractivity contribution in [1.29, 1.82) is 0 Å². The molecule has 144 valence electrons. The summed E-state index contributed by atoms with van der Waals surface area (Å²) in [5.74, 6) is -1.76. The van der Waals surface area contributed by atoms with Gasteiger partial charge in [0.1, 0.15) is 17.2 Å². The maximum Gasteiger partial charge on any atom is 0.259 e. The number of rotatable bonds is 4. The molecule has 0 radical (unpaired) electrons. The minimum Gasteiger partial charge on any atom is -0.338 e. The number of halogens is 2. The van der Waals surface area contributed by atoms with Crippen molar-refractivity contribution in [3.8, 4) is 11.4 Å². The van der Waals surface area contributed by atoms with Gasteiger partial charge in [0.2, 0.25) is 5.82 Å². The Morgan fingerprint density at radius 2 is 2.00 bits per heavy atom. The van der Waals surface area contributed by atoms with E-state index in [4.69, 9.17) is 0 Å². The Morgan fingerprint density at radius 3 is 2.75 bits per heavy atom. The van der Waals surface area contributed by atoms with Crippen molar-refractivity contribution in [2.45, 2.75) is 19.4 Å². The van der Waals surface area contributed by atoms with Gasteiger partial charge in [0, 0.05) is 31.0 Å². The van der Waals surface area contributed by atoms with Crippen LogP contribution in [0.25, 0.3) is 11.4 Å². The van der Waals surface area contributed by atoms with Crippen molar-refractivity contribution < 1.29 is 13.6 Å². The largest absolute Gasteiger partial charge is 0.338 e. The van der Waals surface area contributed by atoms with Gasteiger partial charge in [-0.15, -0.1) is 10.2 Å². The van der Waals surface area contributed by atoms with Crippen LogP contribution in [0.1, 0.15) is 23.2 Å². The monoisotopic (exact) mass is 384 g/mol. The van der Waals surface area contributed by atoms with E-state index in [2.05, 4.69) is 20.4 Å². The number of hydrogen-bond acceptors (Lipinski definition) is 5. The molecule has 3 aromatic rings. The van der Waals surface area contributed by atoms with E-state index in [-0.39, 0.29) is 5.92 Å². The summed E-state index contributed by atoms with van der Waals surface area (Å²) < 4.78 is 27.9. The van der Waals surface area contributed by atoms with Gasteiger partial charge in [-0.2, -0.15) is 4.80 Å². The Morgan fingerprint density at radius 1 is 1.18 bits per heavy atom. The van der Waals surface area contributed by atoms with Crippen LogP contribution in [0.3, 0.4) is 0 Å². The minimum absolute atomic E-state index is 0.0727. The molecule has 0 bridgehead atoms. The molecule has 0 saturated carbocycles. The van der Waals surface area contributed by atoms with Crippen molar-refractivity contribution in [2.24, 2.45) is 5.92 Å². The molecule has 1 amide bonds. The summed E-state index contributed by atoms with van der Waals surface area (Å²) in [4.78, 5) is 19.6. The van der Waals surface area contributed by atoms with Gasteiger partial charge in [-0.1, -0.05) is 6.07 Å². The summed E-state index contributed by atoms with van der Waals surface area (Å²) in [6.45, 7) is 1.32. The molecule has 1 saturated heterocycles. The summed E-state index contributed by atoms with van der Waals surface area (Å²) in [5.41, 5.74) is 0.269. The molecule has 0 spiro atoms. The maximum atomic E-state index is 13.9. The zero-order valence-corrected chi connectivity index (χ0v) is 15.0. The van der Waals surface area contributed by atoms with Gasteiger partial charge >= 0.3 is 0 Å². The lowest BCUT2D eigenvalue weighted by molar-refractivity contribution is 0.0646. The van der Waals surface area contributed by atoms with Crippen LogP contribution in [0.5, 0.6) is 0 Å². The summed E-state index contributed by atoms with van der Waals surface area (Å²) in [7, 11) is 0. The number of piperidine rings is 1. The van der Waals surface area contributed by atoms with Crippen LogP contribution in [0, 0.1) is 17.6 Å². The molecule has 3 heterocycles. The Bertz CT molecular complexity index is 957. The number of pyridine rings is 1. The molecule has 1 fully saturated rings. The number of amides is 1. The number of likely N-dealkylation sites (tertiary alicyclic amines) is 1. The smallest absolute Gasteiger partial charge is 0.259 e. The third kappa shape index (κ3) is 3.73. The van der Waals surface area contributed by atoms with Crippen LogP contribution in [0.4, 0.5) is 8.78 Å². The molecule has 0 N–H and O–H groups in total. The highest BCUT2D eigenvalue weighted by Gasteiger charge is 2.28. The first-order valence-corrected chi connectivity index (χ1v) is 9.03. The summed E-state index contributed by atoms with van der Waals surface area (Å²) in [6, 6.07) is 7.07. The van der Waals surface area contributed by atoms with Gasteiger partial charge in [-0.05, 0) is 48.2 Å². The zero-order chi connectivity index (χ0) is 19.5. The second-order valence-corrected chi connectivity index (χ2v) is 6.77. The average Bonchev–Trinajstić information content (AvgIpc) is 3.17. The number of aromatic nitrogens is 5. The zero-order valence-electron chi connectivity index (χ0n) is 15.0. The molecule has 2 aromatic heterocycles. The number of hydrogen-bond donors (Lipinski definition) is 0. The topological polar surface area (TPSA) is 76.8 Å². The molecular weight excluding hydrogens is 366 g/mol. The molecule has 0 aliphatic carbocycles. The predicted octanol–water partition coefficient (Wildman–Crippen LogP) is 2.57. The number of benzene rings is 1. The van der Waals surface area contributed by atoms with E-state index in [0.717, 1.165) is 30.5 Å². The fraction of sp³-hybridized carbons (Fsp3) is 0.316. The second-order valence-electron chi connectivity index (χ2n) is 6.77. The highest BCUT2D eigenvalue weighted by atomic mass is 19.1. The van der Waals surface area contributed by atoms with Crippen molar-refractivity contribution in [3.05, 3.63) is 59.9 Å². The predicted molar refractivity (Wildman–Crippen MR) is 96.0 cm³/mol. The Balaban J connectivity index is 1.45. The van der Waals surface area contributed by atoms with E-state index in [1.165, 1.54) is 15.8 Å². The van der Waals surface area contributed by atoms with Crippen LogP contribution in [-0.4, -0.2) is 49.1 Å². The Hall–Kier alpha value is -3.23. The molecule has 9 heteroatoms. The fourth-order valence-corrected chi connectivity index (χ4v) is 3.42. The third-order valence-corrected chi connectivity index (χ3v) is 4.78. The molecule has 1 aliphatic rings. The number of carbonyl (C=O) groups excluding carboxylic acids is 1. The Kier molecular flexibility index (Phi) is 5.05. The van der Waals surface area contributed by atoms with E-state index in [1.807, 2.05) is 6.07 Å². The van der Waals surface area contributed by atoms with Crippen LogP contribution >= 0.6 is 0 Å². The first-order chi connectivity index (χ1) is 13.6. The highest BCUT2D eigenvalue weighted by molar-refractivity contribution is 5.94. The van der Waals surface area contributed by atoms with E-state index in [9.17, 15) is 13.6 Å². The lowest BCUT2D eigenvalue weighted by Gasteiger charge is -2.32. The van der Waals surface area contributed by atoms with E-state index >= 15 is 0 Å². The Labute approximate surface area is 160 Å². The van der Waals surface area contributed by atoms with Crippen molar-refractivity contribution in [2.75, 3.05) is 13.1 Å². The fourth-order valence-electron chi connectivity index (χ4n) is 3.42. The van der Waals surface area contributed by atoms with Crippen LogP contribution in [0.15, 0.2) is 42.7 Å². The molecule has 4 rings (SSSR count). The third-order valence-electron chi connectivity index (χ3n) is 4.78. The minimum atomic E-state index is -0.842. The van der Waals surface area contributed by atoms with Gasteiger partial charge < -0.3 is 4.90 Å². The molecule has 28 heavy (non-hydrogen) atoms. The molecule has 7 nitrogen and oxygen atoms in total. The molecule has 1 atom stereocenters. The summed E-state index contributed by atoms with van der Waals surface area (Å²) >= 11 is 0. The van der Waals surface area contributed by atoms with Crippen LogP contribution in [0.2, 0.25) is 0 Å². The number of tetrazole rings is 1. The maximum absolute atomic E-state index is 13.9. The van der Waals surface area contributed by atoms with Gasteiger partial charge in [-0.25, -0.2) is 8.78 Å². The van der Waals surface area contributed by atoms with E-state index < -0.39 is 23.1 Å². The van der Waals surface area contributed by atoms with Gasteiger partial charge in [-0.3, -0.25) is 9.78 Å². The number of carbonyl (C=O) groups is 1. The van der Waals surface area contributed by atoms with Crippen LogP contribution in [-0.2, 0) is 6.54 Å². The first kappa shape index (κ1) is 18.1. The number of nitrogens with zero attached hydrogens (tertiary/aromatic N) is 6. The highest BCUT2D eigenvalue weighted by Crippen LogP contribution is 2.22. The van der Waals surface area contributed by atoms with E-state index in [0.29, 0.717) is 25.5 Å². The molecule has 1 aliphatic heterocycles. The van der Waals surface area contributed by atoms with Crippen LogP contribution < -0.4 is 0 Å². The summed E-state index contributed by atoms with van der Waals surface area (Å²) in [6.07, 6.45) is 4.94. The normalized spacial score (nSPS) is 16.9. The van der Waals surface area contributed by atoms with Crippen molar-refractivity contribution in [1.82, 2.24) is 30.1 Å². The van der Waals surface area contributed by atoms with Gasteiger partial charge in [0.25, 0.3) is 5.91 Å². The quantitative estimate of drug-likeness (QED) is 0.691. The molecule has 0 unspecified atom stereocenters. The molecule has 1 aromatic carbocycles. The lowest BCUT2D eigenvalue weighted by Crippen LogP contribution is -2.42. The first-order valence-electron chi connectivity index (χ1n) is 9.03. The van der Waals surface area contributed by atoms with E-state index in [1.54, 1.807) is 18.5 Å². The van der Waals surface area contributed by atoms with Crippen molar-refractivity contribution in [3.63, 3.8) is 0 Å².